The summed E-state index contributed by atoms with van der Waals surface area (Å²) in [4.78, 5) is 22.5. The van der Waals surface area contributed by atoms with E-state index in [-0.39, 0.29) is 24.0 Å². The molecule has 2 aliphatic heterocycles. The topological polar surface area (TPSA) is 67.4 Å². The number of ether oxygens (including phenoxy) is 1. The zero-order valence-electron chi connectivity index (χ0n) is 12.9. The monoisotopic (exact) mass is 328 g/mol. The fourth-order valence-electron chi connectivity index (χ4n) is 3.32. The molecular weight excluding hydrogens is 311 g/mol. The number of fused-ring (bicyclic) bond motifs is 2. The first-order valence-corrected chi connectivity index (χ1v) is 7.93. The Kier molecular flexibility index (Phi) is 3.86. The molecular formula is C17H17FN4O2. The van der Waals surface area contributed by atoms with E-state index in [9.17, 15) is 9.18 Å². The molecule has 1 aromatic carbocycles. The van der Waals surface area contributed by atoms with Crippen LogP contribution in [0, 0.1) is 11.7 Å². The number of hydrogen-bond donors (Lipinski definition) is 1. The third kappa shape index (κ3) is 2.94. The number of carbonyl (C=O) groups is 1. The molecule has 2 saturated heterocycles. The van der Waals surface area contributed by atoms with Crippen LogP contribution in [0.2, 0.25) is 0 Å². The fraction of sp³-hybridized carbons (Fsp3) is 0.353. The van der Waals surface area contributed by atoms with Crippen LogP contribution >= 0.6 is 0 Å². The minimum Gasteiger partial charge on any atom is -0.370 e. The lowest BCUT2D eigenvalue weighted by atomic mass is 9.99. The van der Waals surface area contributed by atoms with Crippen LogP contribution in [-0.4, -0.2) is 41.2 Å². The van der Waals surface area contributed by atoms with Gasteiger partial charge in [0.1, 0.15) is 0 Å². The summed E-state index contributed by atoms with van der Waals surface area (Å²) in [5.74, 6) is -0.231. The first kappa shape index (κ1) is 15.0. The Morgan fingerprint density at radius 3 is 2.71 bits per heavy atom. The van der Waals surface area contributed by atoms with Gasteiger partial charge < -0.3 is 15.0 Å². The van der Waals surface area contributed by atoms with Crippen molar-refractivity contribution in [3.05, 3.63) is 48.5 Å². The molecule has 0 aliphatic carbocycles. The van der Waals surface area contributed by atoms with Crippen LogP contribution in [0.4, 0.5) is 16.0 Å². The number of nitrogens with one attached hydrogen (secondary N) is 1. The molecule has 4 rings (SSSR count). The lowest BCUT2D eigenvalue weighted by Crippen LogP contribution is -2.45. The molecule has 1 N–H and O–H groups in total. The van der Waals surface area contributed by atoms with Crippen LogP contribution in [-0.2, 0) is 9.53 Å². The summed E-state index contributed by atoms with van der Waals surface area (Å²) in [6.07, 6.45) is 2.73. The van der Waals surface area contributed by atoms with Crippen LogP contribution in [0.3, 0.4) is 0 Å². The SMILES string of the molecule is O=C(Nc1ccccc1)[C@H]1C[C@@H]2CN(c3ncc(F)cn3)C[C@H]1O2. The average molecular weight is 328 g/mol. The van der Waals surface area contributed by atoms with Gasteiger partial charge in [-0.15, -0.1) is 0 Å². The van der Waals surface area contributed by atoms with Crippen molar-refractivity contribution in [2.45, 2.75) is 18.6 Å². The summed E-state index contributed by atoms with van der Waals surface area (Å²) in [6, 6.07) is 9.39. The lowest BCUT2D eigenvalue weighted by Gasteiger charge is -2.32. The van der Waals surface area contributed by atoms with Gasteiger partial charge in [-0.05, 0) is 18.6 Å². The highest BCUT2D eigenvalue weighted by atomic mass is 19.1. The first-order chi connectivity index (χ1) is 11.7. The summed E-state index contributed by atoms with van der Waals surface area (Å²) >= 11 is 0. The molecule has 24 heavy (non-hydrogen) atoms. The van der Waals surface area contributed by atoms with Crippen molar-refractivity contribution >= 4 is 17.5 Å². The van der Waals surface area contributed by atoms with Gasteiger partial charge in [0.15, 0.2) is 5.82 Å². The number of amides is 1. The van der Waals surface area contributed by atoms with Crippen molar-refractivity contribution in [2.75, 3.05) is 23.3 Å². The number of halogens is 1. The highest BCUT2D eigenvalue weighted by Gasteiger charge is 2.45. The summed E-state index contributed by atoms with van der Waals surface area (Å²) in [7, 11) is 0. The van der Waals surface area contributed by atoms with E-state index in [0.717, 1.165) is 18.1 Å². The second-order valence-corrected chi connectivity index (χ2v) is 6.10. The summed E-state index contributed by atoms with van der Waals surface area (Å²) < 4.78 is 18.9. The molecule has 6 nitrogen and oxygen atoms in total. The van der Waals surface area contributed by atoms with E-state index >= 15 is 0 Å². The van der Waals surface area contributed by atoms with Gasteiger partial charge >= 0.3 is 0 Å². The van der Waals surface area contributed by atoms with Crippen molar-refractivity contribution in [3.8, 4) is 0 Å². The van der Waals surface area contributed by atoms with E-state index < -0.39 is 5.82 Å². The van der Waals surface area contributed by atoms with Crippen molar-refractivity contribution in [2.24, 2.45) is 5.92 Å². The van der Waals surface area contributed by atoms with Crippen LogP contribution in [0.15, 0.2) is 42.7 Å². The molecule has 2 aromatic rings. The molecule has 7 heteroatoms. The number of hydrogen-bond acceptors (Lipinski definition) is 5. The van der Waals surface area contributed by atoms with E-state index in [0.29, 0.717) is 25.5 Å². The Balaban J connectivity index is 1.45. The van der Waals surface area contributed by atoms with E-state index in [2.05, 4.69) is 15.3 Å². The molecule has 0 spiro atoms. The molecule has 0 saturated carbocycles. The van der Waals surface area contributed by atoms with Crippen molar-refractivity contribution in [1.82, 2.24) is 9.97 Å². The predicted molar refractivity (Wildman–Crippen MR) is 86.0 cm³/mol. The Morgan fingerprint density at radius 2 is 1.96 bits per heavy atom. The average Bonchev–Trinajstić information content (AvgIpc) is 2.90. The molecule has 2 aliphatic rings. The normalized spacial score (nSPS) is 25.5. The number of morpholine rings is 1. The van der Waals surface area contributed by atoms with Crippen molar-refractivity contribution in [1.29, 1.82) is 0 Å². The molecule has 2 fully saturated rings. The van der Waals surface area contributed by atoms with Gasteiger partial charge in [-0.1, -0.05) is 18.2 Å². The number of nitrogens with zero attached hydrogens (tertiary/aromatic N) is 3. The van der Waals surface area contributed by atoms with E-state index in [1.165, 1.54) is 0 Å². The number of benzene rings is 1. The van der Waals surface area contributed by atoms with E-state index in [4.69, 9.17) is 4.74 Å². The number of aromatic nitrogens is 2. The minimum atomic E-state index is -0.463. The van der Waals surface area contributed by atoms with Gasteiger partial charge in [0.05, 0.1) is 30.5 Å². The van der Waals surface area contributed by atoms with Crippen molar-refractivity contribution in [3.63, 3.8) is 0 Å². The summed E-state index contributed by atoms with van der Waals surface area (Å²) in [5.41, 5.74) is 0.780. The van der Waals surface area contributed by atoms with E-state index in [1.807, 2.05) is 35.2 Å². The molecule has 0 radical (unpaired) electrons. The minimum absolute atomic E-state index is 0.0319. The van der Waals surface area contributed by atoms with Crippen molar-refractivity contribution < 1.29 is 13.9 Å². The number of para-hydroxylation sites is 1. The lowest BCUT2D eigenvalue weighted by molar-refractivity contribution is -0.121. The third-order valence-corrected chi connectivity index (χ3v) is 4.42. The third-order valence-electron chi connectivity index (χ3n) is 4.42. The van der Waals surface area contributed by atoms with Crippen LogP contribution in [0.5, 0.6) is 0 Å². The van der Waals surface area contributed by atoms with Crippen LogP contribution < -0.4 is 10.2 Å². The molecule has 0 unspecified atom stereocenters. The highest BCUT2D eigenvalue weighted by molar-refractivity contribution is 5.93. The quantitative estimate of drug-likeness (QED) is 0.931. The molecule has 3 atom stereocenters. The van der Waals surface area contributed by atoms with Gasteiger partial charge in [-0.2, -0.15) is 0 Å². The second kappa shape index (κ2) is 6.16. The van der Waals surface area contributed by atoms with Gasteiger partial charge in [0, 0.05) is 18.8 Å². The fourth-order valence-corrected chi connectivity index (χ4v) is 3.32. The molecule has 3 heterocycles. The number of rotatable bonds is 3. The standard InChI is InChI=1S/C17H17FN4O2/c18-11-7-19-17(20-8-11)22-9-13-6-14(15(10-22)24-13)16(23)21-12-4-2-1-3-5-12/h1-5,7-8,13-15H,6,9-10H2,(H,21,23)/t13-,14+,15-/m1/s1. The maximum absolute atomic E-state index is 13.0. The maximum Gasteiger partial charge on any atom is 0.230 e. The Labute approximate surface area is 138 Å². The Morgan fingerprint density at radius 1 is 1.21 bits per heavy atom. The summed E-state index contributed by atoms with van der Waals surface area (Å²) in [6.45, 7) is 1.13. The Hall–Kier alpha value is -2.54. The Bertz CT molecular complexity index is 725. The number of anilines is 2. The van der Waals surface area contributed by atoms with Crippen LogP contribution in [0.1, 0.15) is 6.42 Å². The van der Waals surface area contributed by atoms with E-state index in [1.54, 1.807) is 0 Å². The zero-order valence-corrected chi connectivity index (χ0v) is 12.9. The number of carbonyl (C=O) groups excluding carboxylic acids is 1. The van der Waals surface area contributed by atoms with Gasteiger partial charge in [-0.3, -0.25) is 4.79 Å². The first-order valence-electron chi connectivity index (χ1n) is 7.93. The molecule has 2 bridgehead atoms. The van der Waals surface area contributed by atoms with Gasteiger partial charge in [-0.25, -0.2) is 14.4 Å². The molecule has 124 valence electrons. The van der Waals surface area contributed by atoms with Gasteiger partial charge in [0.25, 0.3) is 0 Å². The molecule has 1 amide bonds. The van der Waals surface area contributed by atoms with Gasteiger partial charge in [0.2, 0.25) is 11.9 Å². The highest BCUT2D eigenvalue weighted by Crippen LogP contribution is 2.33. The summed E-state index contributed by atoms with van der Waals surface area (Å²) in [5, 5.41) is 2.94. The largest absolute Gasteiger partial charge is 0.370 e. The smallest absolute Gasteiger partial charge is 0.230 e. The predicted octanol–water partition coefficient (Wildman–Crippen LogP) is 1.85. The second-order valence-electron chi connectivity index (χ2n) is 6.10. The maximum atomic E-state index is 13.0. The zero-order chi connectivity index (χ0) is 16.5. The molecule has 1 aromatic heterocycles. The van der Waals surface area contributed by atoms with Crippen LogP contribution in [0.25, 0.3) is 0 Å².